The first-order valence-electron chi connectivity index (χ1n) is 6.53. The minimum atomic E-state index is -0.329. The van der Waals surface area contributed by atoms with Gasteiger partial charge in [-0.25, -0.2) is 4.79 Å². The molecule has 1 aromatic carbocycles. The number of hydrogen-bond donors (Lipinski definition) is 1. The molecule has 0 aliphatic heterocycles. The van der Waals surface area contributed by atoms with E-state index >= 15 is 0 Å². The average Bonchev–Trinajstić information content (AvgIpc) is 2.45. The molecule has 106 valence electrons. The molecular formula is C15H22O4. The van der Waals surface area contributed by atoms with E-state index in [0.717, 1.165) is 18.4 Å². The van der Waals surface area contributed by atoms with Crippen LogP contribution >= 0.6 is 0 Å². The predicted molar refractivity (Wildman–Crippen MR) is 72.9 cm³/mol. The summed E-state index contributed by atoms with van der Waals surface area (Å²) in [5.74, 6) is 0.117. The standard InChI is InChI=1S/C15H22O4/c1-12(4-3-9-16)10-19-11-13-5-7-14(8-6-13)15(17)18-2/h5-8,12,16H,3-4,9-11H2,1-2H3. The summed E-state index contributed by atoms with van der Waals surface area (Å²) in [6.07, 6.45) is 1.79. The molecule has 0 aromatic heterocycles. The molecule has 1 aromatic rings. The first kappa shape index (κ1) is 15.7. The monoisotopic (exact) mass is 266 g/mol. The number of aliphatic hydroxyl groups excluding tert-OH is 1. The van der Waals surface area contributed by atoms with Gasteiger partial charge in [0.25, 0.3) is 0 Å². The van der Waals surface area contributed by atoms with Crippen LogP contribution in [0.5, 0.6) is 0 Å². The zero-order valence-corrected chi connectivity index (χ0v) is 11.6. The highest BCUT2D eigenvalue weighted by molar-refractivity contribution is 5.89. The summed E-state index contributed by atoms with van der Waals surface area (Å²) in [4.78, 5) is 11.3. The maximum absolute atomic E-state index is 11.3. The van der Waals surface area contributed by atoms with Crippen molar-refractivity contribution in [3.63, 3.8) is 0 Å². The second-order valence-corrected chi connectivity index (χ2v) is 4.67. The van der Waals surface area contributed by atoms with Gasteiger partial charge < -0.3 is 14.6 Å². The lowest BCUT2D eigenvalue weighted by Crippen LogP contribution is -2.07. The van der Waals surface area contributed by atoms with Crippen LogP contribution in [-0.4, -0.2) is 31.4 Å². The third-order valence-electron chi connectivity index (χ3n) is 2.90. The first-order chi connectivity index (χ1) is 9.17. The minimum Gasteiger partial charge on any atom is -0.465 e. The summed E-state index contributed by atoms with van der Waals surface area (Å²) in [6.45, 7) is 3.55. The number of ether oxygens (including phenoxy) is 2. The summed E-state index contributed by atoms with van der Waals surface area (Å²) in [5.41, 5.74) is 1.57. The fraction of sp³-hybridized carbons (Fsp3) is 0.533. The van der Waals surface area contributed by atoms with Gasteiger partial charge in [0.2, 0.25) is 0 Å². The summed E-state index contributed by atoms with van der Waals surface area (Å²) < 4.78 is 10.2. The molecule has 1 atom stereocenters. The van der Waals surface area contributed by atoms with Crippen LogP contribution in [0.25, 0.3) is 0 Å². The van der Waals surface area contributed by atoms with Crippen LogP contribution in [0.1, 0.15) is 35.7 Å². The number of carbonyl (C=O) groups is 1. The number of aliphatic hydroxyl groups is 1. The Morgan fingerprint density at radius 1 is 1.32 bits per heavy atom. The molecule has 0 aliphatic carbocycles. The smallest absolute Gasteiger partial charge is 0.337 e. The molecular weight excluding hydrogens is 244 g/mol. The van der Waals surface area contributed by atoms with Gasteiger partial charge in [-0.05, 0) is 36.5 Å². The molecule has 0 heterocycles. The van der Waals surface area contributed by atoms with Crippen LogP contribution in [0, 0.1) is 5.92 Å². The van der Waals surface area contributed by atoms with Crippen molar-refractivity contribution in [2.24, 2.45) is 5.92 Å². The van der Waals surface area contributed by atoms with Crippen molar-refractivity contribution in [3.8, 4) is 0 Å². The molecule has 19 heavy (non-hydrogen) atoms. The van der Waals surface area contributed by atoms with E-state index in [9.17, 15) is 4.79 Å². The molecule has 0 bridgehead atoms. The fourth-order valence-electron chi connectivity index (χ4n) is 1.76. The summed E-state index contributed by atoms with van der Waals surface area (Å²) in [6, 6.07) is 7.20. The molecule has 1 N–H and O–H groups in total. The third kappa shape index (κ3) is 5.85. The molecule has 0 fully saturated rings. The van der Waals surface area contributed by atoms with Gasteiger partial charge in [-0.2, -0.15) is 0 Å². The van der Waals surface area contributed by atoms with E-state index in [0.29, 0.717) is 24.7 Å². The topological polar surface area (TPSA) is 55.8 Å². The molecule has 1 unspecified atom stereocenters. The normalized spacial score (nSPS) is 12.2. The van der Waals surface area contributed by atoms with Gasteiger partial charge in [0, 0.05) is 13.2 Å². The van der Waals surface area contributed by atoms with Crippen molar-refractivity contribution in [3.05, 3.63) is 35.4 Å². The molecule has 0 saturated heterocycles. The summed E-state index contributed by atoms with van der Waals surface area (Å²) in [7, 11) is 1.37. The second-order valence-electron chi connectivity index (χ2n) is 4.67. The Hall–Kier alpha value is -1.39. The van der Waals surface area contributed by atoms with E-state index in [4.69, 9.17) is 9.84 Å². The van der Waals surface area contributed by atoms with Crippen LogP contribution in [0.3, 0.4) is 0 Å². The van der Waals surface area contributed by atoms with Crippen molar-refractivity contribution >= 4 is 5.97 Å². The number of methoxy groups -OCH3 is 1. The maximum Gasteiger partial charge on any atom is 0.337 e. The van der Waals surface area contributed by atoms with Gasteiger partial charge in [0.15, 0.2) is 0 Å². The Labute approximate surface area is 114 Å². The van der Waals surface area contributed by atoms with E-state index in [1.165, 1.54) is 7.11 Å². The molecule has 0 spiro atoms. The summed E-state index contributed by atoms with van der Waals surface area (Å²) >= 11 is 0. The lowest BCUT2D eigenvalue weighted by Gasteiger charge is -2.11. The van der Waals surface area contributed by atoms with Gasteiger partial charge in [-0.15, -0.1) is 0 Å². The number of benzene rings is 1. The fourth-order valence-corrected chi connectivity index (χ4v) is 1.76. The van der Waals surface area contributed by atoms with Crippen LogP contribution in [0.2, 0.25) is 0 Å². The van der Waals surface area contributed by atoms with Crippen molar-refractivity contribution in [2.45, 2.75) is 26.4 Å². The first-order valence-corrected chi connectivity index (χ1v) is 6.53. The maximum atomic E-state index is 11.3. The number of carbonyl (C=O) groups excluding carboxylic acids is 1. The van der Waals surface area contributed by atoms with Crippen molar-refractivity contribution in [2.75, 3.05) is 20.3 Å². The SMILES string of the molecule is COC(=O)c1ccc(COCC(C)CCCO)cc1. The zero-order chi connectivity index (χ0) is 14.1. The summed E-state index contributed by atoms with van der Waals surface area (Å²) in [5, 5.41) is 8.73. The average molecular weight is 266 g/mol. The van der Waals surface area contributed by atoms with Crippen LogP contribution in [0.15, 0.2) is 24.3 Å². The molecule has 1 rings (SSSR count). The van der Waals surface area contributed by atoms with Crippen LogP contribution < -0.4 is 0 Å². The zero-order valence-electron chi connectivity index (χ0n) is 11.6. The van der Waals surface area contributed by atoms with Crippen molar-refractivity contribution in [1.82, 2.24) is 0 Å². The highest BCUT2D eigenvalue weighted by Gasteiger charge is 2.05. The van der Waals surface area contributed by atoms with E-state index in [1.807, 2.05) is 12.1 Å². The van der Waals surface area contributed by atoms with Gasteiger partial charge in [-0.1, -0.05) is 19.1 Å². The van der Waals surface area contributed by atoms with Gasteiger partial charge in [-0.3, -0.25) is 0 Å². The molecule has 4 heteroatoms. The Kier molecular flexibility index (Phi) is 7.15. The van der Waals surface area contributed by atoms with E-state index in [1.54, 1.807) is 12.1 Å². The largest absolute Gasteiger partial charge is 0.465 e. The van der Waals surface area contributed by atoms with Crippen molar-refractivity contribution in [1.29, 1.82) is 0 Å². The molecule has 0 radical (unpaired) electrons. The van der Waals surface area contributed by atoms with E-state index in [-0.39, 0.29) is 12.6 Å². The highest BCUT2D eigenvalue weighted by atomic mass is 16.5. The quantitative estimate of drug-likeness (QED) is 0.734. The molecule has 0 aliphatic rings. The second kappa shape index (κ2) is 8.67. The van der Waals surface area contributed by atoms with Crippen molar-refractivity contribution < 1.29 is 19.4 Å². The number of hydrogen-bond acceptors (Lipinski definition) is 4. The lowest BCUT2D eigenvalue weighted by atomic mass is 10.1. The Balaban J connectivity index is 2.32. The van der Waals surface area contributed by atoms with E-state index in [2.05, 4.69) is 11.7 Å². The van der Waals surface area contributed by atoms with Crippen LogP contribution in [0.4, 0.5) is 0 Å². The number of esters is 1. The molecule has 0 amide bonds. The van der Waals surface area contributed by atoms with Gasteiger partial charge >= 0.3 is 5.97 Å². The number of rotatable bonds is 8. The third-order valence-corrected chi connectivity index (χ3v) is 2.90. The Morgan fingerprint density at radius 3 is 2.58 bits per heavy atom. The highest BCUT2D eigenvalue weighted by Crippen LogP contribution is 2.10. The predicted octanol–water partition coefficient (Wildman–Crippen LogP) is 2.40. The Morgan fingerprint density at radius 2 is 2.00 bits per heavy atom. The molecule has 4 nitrogen and oxygen atoms in total. The van der Waals surface area contributed by atoms with Gasteiger partial charge in [0.1, 0.15) is 0 Å². The van der Waals surface area contributed by atoms with E-state index < -0.39 is 0 Å². The van der Waals surface area contributed by atoms with Crippen LogP contribution in [-0.2, 0) is 16.1 Å². The lowest BCUT2D eigenvalue weighted by molar-refractivity contribution is 0.0600. The van der Waals surface area contributed by atoms with Gasteiger partial charge in [0.05, 0.1) is 19.3 Å². The Bertz CT molecular complexity index is 372. The minimum absolute atomic E-state index is 0.235. The molecule has 0 saturated carbocycles.